The van der Waals surface area contributed by atoms with Crippen molar-refractivity contribution in [2.75, 3.05) is 39.6 Å². The molecule has 5 atom stereocenters. The van der Waals surface area contributed by atoms with E-state index in [0.29, 0.717) is 25.7 Å². The van der Waals surface area contributed by atoms with Gasteiger partial charge in [0.1, 0.15) is 19.3 Å². The summed E-state index contributed by atoms with van der Waals surface area (Å²) >= 11 is 0. The molecular weight excluding hydrogens is 1070 g/mol. The SMILES string of the molecule is CCCCCCCCCCCCCCCCCC(=O)O[C@H](COC(=O)CCCCCCCCCCCCC(C)C)COP(=O)(O)OC[C@@H](O)COP(=O)(O)OC[C@@H](COC(=O)CCCCCCC)OC(=O)CCCCCCCCC. The molecule has 0 spiro atoms. The molecule has 0 aliphatic heterocycles. The molecule has 0 saturated carbocycles. The number of carbonyl (C=O) groups is 4. The van der Waals surface area contributed by atoms with Crippen molar-refractivity contribution in [1.82, 2.24) is 0 Å². The summed E-state index contributed by atoms with van der Waals surface area (Å²) in [6, 6.07) is 0. The van der Waals surface area contributed by atoms with Crippen molar-refractivity contribution in [3.63, 3.8) is 0 Å². The number of aliphatic hydroxyl groups is 1. The van der Waals surface area contributed by atoms with Gasteiger partial charge in [0.05, 0.1) is 26.4 Å². The van der Waals surface area contributed by atoms with Gasteiger partial charge in [0.25, 0.3) is 0 Å². The monoisotopic (exact) mass is 1180 g/mol. The Balaban J connectivity index is 5.15. The Bertz CT molecular complexity index is 1570. The summed E-state index contributed by atoms with van der Waals surface area (Å²) in [5, 5.41) is 10.5. The average molecular weight is 1190 g/mol. The average Bonchev–Trinajstić information content (AvgIpc) is 3.42. The zero-order valence-corrected chi connectivity index (χ0v) is 53.0. The number of phosphoric acid groups is 2. The minimum atomic E-state index is -4.94. The summed E-state index contributed by atoms with van der Waals surface area (Å²) in [5.41, 5.74) is 0. The third-order valence-corrected chi connectivity index (χ3v) is 15.9. The summed E-state index contributed by atoms with van der Waals surface area (Å²) in [6.07, 6.45) is 38.0. The smallest absolute Gasteiger partial charge is 0.462 e. The molecule has 0 aliphatic rings. The van der Waals surface area contributed by atoms with Crippen LogP contribution < -0.4 is 0 Å². The van der Waals surface area contributed by atoms with Gasteiger partial charge in [-0.05, 0) is 31.6 Å². The molecule has 0 saturated heterocycles. The number of carbonyl (C=O) groups excluding carboxylic acids is 4. The molecule has 0 aromatic rings. The molecule has 0 bridgehead atoms. The molecule has 0 aliphatic carbocycles. The number of aliphatic hydroxyl groups excluding tert-OH is 1. The van der Waals surface area contributed by atoms with Crippen LogP contribution in [0.1, 0.15) is 304 Å². The molecule has 0 heterocycles. The zero-order valence-electron chi connectivity index (χ0n) is 51.2. The van der Waals surface area contributed by atoms with E-state index in [1.165, 1.54) is 109 Å². The molecule has 0 rings (SSSR count). The maximum atomic E-state index is 12.9. The first kappa shape index (κ1) is 78.1. The van der Waals surface area contributed by atoms with E-state index < -0.39 is 97.5 Å². The van der Waals surface area contributed by atoms with Gasteiger partial charge < -0.3 is 33.8 Å². The summed E-state index contributed by atoms with van der Waals surface area (Å²) in [4.78, 5) is 71.7. The van der Waals surface area contributed by atoms with Crippen LogP contribution in [0.4, 0.5) is 0 Å². The second kappa shape index (κ2) is 55.0. The first-order valence-corrected chi connectivity index (χ1v) is 35.1. The van der Waals surface area contributed by atoms with E-state index in [9.17, 15) is 43.2 Å². The zero-order chi connectivity index (χ0) is 59.2. The van der Waals surface area contributed by atoms with E-state index in [1.54, 1.807) is 0 Å². The minimum Gasteiger partial charge on any atom is -0.462 e. The highest BCUT2D eigenvalue weighted by Gasteiger charge is 2.30. The molecule has 0 aromatic heterocycles. The van der Waals surface area contributed by atoms with Gasteiger partial charge in [0, 0.05) is 25.7 Å². The highest BCUT2D eigenvalue weighted by atomic mass is 31.2. The first-order chi connectivity index (χ1) is 38.5. The van der Waals surface area contributed by atoms with Crippen molar-refractivity contribution in [2.24, 2.45) is 5.92 Å². The van der Waals surface area contributed by atoms with Gasteiger partial charge in [-0.1, -0.05) is 253 Å². The fourth-order valence-corrected chi connectivity index (χ4v) is 10.6. The van der Waals surface area contributed by atoms with Gasteiger partial charge >= 0.3 is 39.5 Å². The van der Waals surface area contributed by atoms with Crippen LogP contribution in [0.2, 0.25) is 0 Å². The number of rotatable bonds is 61. The van der Waals surface area contributed by atoms with Gasteiger partial charge in [-0.3, -0.25) is 37.3 Å². The van der Waals surface area contributed by atoms with E-state index in [1.807, 2.05) is 0 Å². The van der Waals surface area contributed by atoms with Crippen LogP contribution in [-0.4, -0.2) is 96.7 Å². The fraction of sp³-hybridized carbons (Fsp3) is 0.934. The minimum absolute atomic E-state index is 0.103. The summed E-state index contributed by atoms with van der Waals surface area (Å²) < 4.78 is 67.6. The molecule has 3 N–H and O–H groups in total. The van der Waals surface area contributed by atoms with Crippen molar-refractivity contribution in [3.05, 3.63) is 0 Å². The van der Waals surface area contributed by atoms with Crippen LogP contribution in [0.15, 0.2) is 0 Å². The van der Waals surface area contributed by atoms with Crippen molar-refractivity contribution >= 4 is 39.5 Å². The lowest BCUT2D eigenvalue weighted by molar-refractivity contribution is -0.161. The van der Waals surface area contributed by atoms with Crippen molar-refractivity contribution in [2.45, 2.75) is 323 Å². The van der Waals surface area contributed by atoms with E-state index in [-0.39, 0.29) is 25.7 Å². The van der Waals surface area contributed by atoms with Crippen LogP contribution in [-0.2, 0) is 65.4 Å². The molecule has 80 heavy (non-hydrogen) atoms. The molecule has 474 valence electrons. The van der Waals surface area contributed by atoms with E-state index in [0.717, 1.165) is 115 Å². The second-order valence-corrected chi connectivity index (χ2v) is 25.5. The Morgan fingerprint density at radius 1 is 0.338 bits per heavy atom. The van der Waals surface area contributed by atoms with E-state index in [2.05, 4.69) is 34.6 Å². The molecule has 0 fully saturated rings. The van der Waals surface area contributed by atoms with Gasteiger partial charge in [0.2, 0.25) is 0 Å². The summed E-state index contributed by atoms with van der Waals surface area (Å²) in [6.45, 7) is 7.04. The Labute approximate surface area is 486 Å². The first-order valence-electron chi connectivity index (χ1n) is 32.1. The van der Waals surface area contributed by atoms with E-state index in [4.69, 9.17) is 37.0 Å². The van der Waals surface area contributed by atoms with Crippen LogP contribution in [0.3, 0.4) is 0 Å². The summed E-state index contributed by atoms with van der Waals surface area (Å²) in [7, 11) is -9.87. The Hall–Kier alpha value is -1.94. The lowest BCUT2D eigenvalue weighted by Gasteiger charge is -2.21. The van der Waals surface area contributed by atoms with Crippen LogP contribution >= 0.6 is 15.6 Å². The maximum absolute atomic E-state index is 12.9. The van der Waals surface area contributed by atoms with Crippen molar-refractivity contribution < 1.29 is 80.2 Å². The third-order valence-electron chi connectivity index (χ3n) is 14.0. The molecular formula is C61H118O17P2. The Morgan fingerprint density at radius 2 is 0.575 bits per heavy atom. The lowest BCUT2D eigenvalue weighted by Crippen LogP contribution is -2.30. The molecule has 0 radical (unpaired) electrons. The van der Waals surface area contributed by atoms with Crippen molar-refractivity contribution in [3.8, 4) is 0 Å². The van der Waals surface area contributed by atoms with Crippen LogP contribution in [0, 0.1) is 5.92 Å². The Kier molecular flexibility index (Phi) is 53.6. The van der Waals surface area contributed by atoms with Gasteiger partial charge in [-0.2, -0.15) is 0 Å². The molecule has 0 amide bonds. The predicted octanol–water partition coefficient (Wildman–Crippen LogP) is 16.6. The maximum Gasteiger partial charge on any atom is 0.472 e. The van der Waals surface area contributed by atoms with Crippen molar-refractivity contribution in [1.29, 1.82) is 0 Å². The van der Waals surface area contributed by atoms with E-state index >= 15 is 0 Å². The molecule has 2 unspecified atom stereocenters. The number of phosphoric ester groups is 2. The molecule has 19 heteroatoms. The standard InChI is InChI=1S/C61H118O17P2/c1-6-9-12-15-17-18-19-20-21-22-23-28-32-37-42-47-61(66)78-57(51-72-59(64)45-40-35-31-27-25-24-26-30-34-38-43-54(4)5)53-76-80(69,70)74-49-55(62)48-73-79(67,68)75-52-56(50-71-58(63)44-39-33-14-11-8-3)77-60(65)46-41-36-29-16-13-10-7-2/h54-57,62H,6-53H2,1-5H3,(H,67,68)(H,69,70)/t55-,56+,57+/m0/s1. The fourth-order valence-electron chi connectivity index (χ4n) is 9.05. The Morgan fingerprint density at radius 3 is 0.850 bits per heavy atom. The third kappa shape index (κ3) is 55.3. The van der Waals surface area contributed by atoms with Gasteiger partial charge in [-0.25, -0.2) is 9.13 Å². The number of unbranched alkanes of at least 4 members (excludes halogenated alkanes) is 33. The highest BCUT2D eigenvalue weighted by Crippen LogP contribution is 2.45. The van der Waals surface area contributed by atoms with Gasteiger partial charge in [-0.15, -0.1) is 0 Å². The van der Waals surface area contributed by atoms with Gasteiger partial charge in [0.15, 0.2) is 12.2 Å². The second-order valence-electron chi connectivity index (χ2n) is 22.6. The van der Waals surface area contributed by atoms with Crippen LogP contribution in [0.25, 0.3) is 0 Å². The highest BCUT2D eigenvalue weighted by molar-refractivity contribution is 7.47. The predicted molar refractivity (Wildman–Crippen MR) is 317 cm³/mol. The molecule has 17 nitrogen and oxygen atoms in total. The number of esters is 4. The largest absolute Gasteiger partial charge is 0.472 e. The summed E-state index contributed by atoms with van der Waals surface area (Å²) in [5.74, 6) is -1.39. The quantitative estimate of drug-likeness (QED) is 0.0222. The lowest BCUT2D eigenvalue weighted by atomic mass is 10.0. The number of ether oxygens (including phenoxy) is 4. The number of hydrogen-bond acceptors (Lipinski definition) is 15. The normalized spacial score (nSPS) is 14.3. The topological polar surface area (TPSA) is 237 Å². The molecule has 0 aromatic carbocycles. The van der Waals surface area contributed by atoms with Crippen LogP contribution in [0.5, 0.6) is 0 Å². The number of hydrogen-bond donors (Lipinski definition) is 3.